The fourth-order valence-electron chi connectivity index (χ4n) is 7.72. The normalized spacial score (nSPS) is 12.6. The number of terminal acetylenes is 1. The number of ether oxygens (including phenoxy) is 7. The van der Waals surface area contributed by atoms with Crippen LogP contribution >= 0.6 is 0 Å². The zero-order chi connectivity index (χ0) is 60.0. The summed E-state index contributed by atoms with van der Waals surface area (Å²) in [5.74, 6) is -0.989. The number of nitrogens with zero attached hydrogens (tertiary/aromatic N) is 1. The molecule has 0 aliphatic carbocycles. The Hall–Kier alpha value is -3.42. The second-order valence-electron chi connectivity index (χ2n) is 19.6. The first kappa shape index (κ1) is 85.9. The molecule has 0 aromatic heterocycles. The summed E-state index contributed by atoms with van der Waals surface area (Å²) in [6.07, 6.45) is 41.7. The lowest BCUT2D eigenvalue weighted by molar-refractivity contribution is -0.148. The topological polar surface area (TPSA) is 182 Å². The highest BCUT2D eigenvalue weighted by molar-refractivity contribution is 5.74. The van der Waals surface area contributed by atoms with E-state index in [-0.39, 0.29) is 55.1 Å². The molecule has 1 saturated heterocycles. The highest BCUT2D eigenvalue weighted by Gasteiger charge is 2.20. The lowest BCUT2D eigenvalue weighted by atomic mass is 9.98. The van der Waals surface area contributed by atoms with E-state index in [0.29, 0.717) is 58.4 Å². The maximum absolute atomic E-state index is 11.9. The standard InChI is InChI=1S/C23H42O5.C15H28O3.C9H20O.C6H11NO2.C6H15NO2.C2H6.C2H2/c1-3-5-7-9-11-13-17-27-22(25)19-21(15-16-24)20-23(26)28-18-14-12-10-8-6-4-2;1-3-5-6-7-8-9-12-18-15(17)13-14(4-2)10-11-16;1-3-4-5-6-7-8-9-10-2;1-7-3-2-6(4-7)9-5-8;1-7-6(4-8-2)5-9-3;2*1-2/h16,21H,3-15,17-20H2,1-2H3;11,14H,3-10,12-13H2,1-2H3;3-9H2,1-2H3;5-6H,2-4H2,1H3;6-7H,4-5H2,1-3H3;1-2H3;1-2H. The molecule has 464 valence electrons. The number of esters is 3. The zero-order valence-corrected chi connectivity index (χ0v) is 52.5. The number of carbonyl (C=O) groups is 6. The fourth-order valence-corrected chi connectivity index (χ4v) is 7.72. The molecule has 0 radical (unpaired) electrons. The molecular weight excluding hydrogens is 993 g/mol. The minimum absolute atomic E-state index is 0.0979. The lowest BCUT2D eigenvalue weighted by Crippen LogP contribution is -2.34. The van der Waals surface area contributed by atoms with Crippen molar-refractivity contribution in [3.8, 4) is 12.8 Å². The van der Waals surface area contributed by atoms with Gasteiger partial charge < -0.3 is 53.0 Å². The van der Waals surface area contributed by atoms with E-state index in [0.717, 1.165) is 83.6 Å². The van der Waals surface area contributed by atoms with Gasteiger partial charge in [0.25, 0.3) is 6.47 Å². The third kappa shape index (κ3) is 74.7. The van der Waals surface area contributed by atoms with Gasteiger partial charge in [0.15, 0.2) is 0 Å². The van der Waals surface area contributed by atoms with Crippen LogP contribution in [0.2, 0.25) is 0 Å². The SMILES string of the molecule is C#C.CC.CCCCCCCCOC.CCCCCCCCOC(=O)CC(CC)CC=O.CCCCCCCCOC(=O)CC(CC=O)CC(=O)OCCCCCCCC.CN1CCC(OC=O)C1.CNC(COC)COC. The van der Waals surface area contributed by atoms with Crippen molar-refractivity contribution in [3.05, 3.63) is 0 Å². The predicted molar refractivity (Wildman–Crippen MR) is 322 cm³/mol. The highest BCUT2D eigenvalue weighted by atomic mass is 16.5. The number of carbonyl (C=O) groups excluding carboxylic acids is 6. The molecule has 2 unspecified atom stereocenters. The van der Waals surface area contributed by atoms with E-state index < -0.39 is 0 Å². The molecule has 2 atom stereocenters. The molecule has 15 nitrogen and oxygen atoms in total. The molecule has 1 N–H and O–H groups in total. The van der Waals surface area contributed by atoms with Crippen molar-refractivity contribution in [1.82, 2.24) is 10.2 Å². The molecular formula is C63H124N2O13. The second kappa shape index (κ2) is 77.8. The van der Waals surface area contributed by atoms with Gasteiger partial charge in [-0.05, 0) is 58.0 Å². The van der Waals surface area contributed by atoms with Crippen LogP contribution in [0.15, 0.2) is 0 Å². The molecule has 1 heterocycles. The number of likely N-dealkylation sites (N-methyl/N-ethyl adjacent to an activating group) is 2. The predicted octanol–water partition coefficient (Wildman–Crippen LogP) is 13.7. The Morgan fingerprint density at radius 2 is 0.859 bits per heavy atom. The summed E-state index contributed by atoms with van der Waals surface area (Å²) in [5.41, 5.74) is 0. The molecule has 1 fully saturated rings. The largest absolute Gasteiger partial charge is 0.466 e. The Labute approximate surface area is 479 Å². The fraction of sp³-hybridized carbons (Fsp3) is 0.873. The van der Waals surface area contributed by atoms with Gasteiger partial charge in [-0.3, -0.25) is 19.2 Å². The van der Waals surface area contributed by atoms with E-state index in [9.17, 15) is 28.8 Å². The summed E-state index contributed by atoms with van der Waals surface area (Å²) in [5, 5.41) is 3.05. The molecule has 15 heteroatoms. The molecule has 78 heavy (non-hydrogen) atoms. The molecule has 1 aliphatic heterocycles. The molecule has 0 aromatic carbocycles. The summed E-state index contributed by atoms with van der Waals surface area (Å²) in [7, 11) is 9.04. The van der Waals surface area contributed by atoms with Crippen molar-refractivity contribution >= 4 is 37.0 Å². The molecule has 0 bridgehead atoms. The average molecular weight is 1120 g/mol. The average Bonchev–Trinajstić information content (AvgIpc) is 3.86. The lowest BCUT2D eigenvalue weighted by Gasteiger charge is -2.13. The van der Waals surface area contributed by atoms with Crippen LogP contribution in [0.5, 0.6) is 0 Å². The van der Waals surface area contributed by atoms with Crippen LogP contribution in [0.4, 0.5) is 0 Å². The number of aldehydes is 2. The van der Waals surface area contributed by atoms with Gasteiger partial charge in [0, 0.05) is 73.1 Å². The maximum Gasteiger partial charge on any atom is 0.306 e. The third-order valence-electron chi connectivity index (χ3n) is 12.5. The van der Waals surface area contributed by atoms with Crippen LogP contribution in [0, 0.1) is 24.7 Å². The van der Waals surface area contributed by atoms with Gasteiger partial charge >= 0.3 is 17.9 Å². The van der Waals surface area contributed by atoms with Gasteiger partial charge in [0.1, 0.15) is 18.7 Å². The maximum atomic E-state index is 11.9. The number of hydrogen-bond acceptors (Lipinski definition) is 15. The number of nitrogens with one attached hydrogen (secondary N) is 1. The van der Waals surface area contributed by atoms with Gasteiger partial charge in [-0.15, -0.1) is 12.8 Å². The van der Waals surface area contributed by atoms with Crippen molar-refractivity contribution in [2.45, 2.75) is 260 Å². The number of methoxy groups -OCH3 is 3. The van der Waals surface area contributed by atoms with Crippen molar-refractivity contribution in [3.63, 3.8) is 0 Å². The van der Waals surface area contributed by atoms with Gasteiger partial charge in [-0.25, -0.2) is 0 Å². The summed E-state index contributed by atoms with van der Waals surface area (Å²) < 4.78 is 35.2. The Balaban J connectivity index is -0.000000221. The molecule has 1 aliphatic rings. The number of unbranched alkanes of at least 4 members (excludes halogenated alkanes) is 20. The second-order valence-corrected chi connectivity index (χ2v) is 19.6. The third-order valence-corrected chi connectivity index (χ3v) is 12.5. The van der Waals surface area contributed by atoms with E-state index in [2.05, 4.69) is 50.8 Å². The summed E-state index contributed by atoms with van der Waals surface area (Å²) in [4.78, 5) is 68.6. The number of hydrogen-bond donors (Lipinski definition) is 1. The molecule has 0 saturated carbocycles. The van der Waals surface area contributed by atoms with Gasteiger partial charge in [-0.2, -0.15) is 0 Å². The Morgan fingerprint density at radius 3 is 1.14 bits per heavy atom. The van der Waals surface area contributed by atoms with Crippen LogP contribution < -0.4 is 5.32 Å². The Bertz CT molecular complexity index is 1200. The first-order valence-electron chi connectivity index (χ1n) is 30.6. The monoisotopic (exact) mass is 1120 g/mol. The van der Waals surface area contributed by atoms with Crippen molar-refractivity contribution < 1.29 is 61.9 Å². The number of rotatable bonds is 46. The van der Waals surface area contributed by atoms with E-state index in [1.807, 2.05) is 34.9 Å². The summed E-state index contributed by atoms with van der Waals surface area (Å²) in [6, 6.07) is 0.319. The van der Waals surface area contributed by atoms with Crippen LogP contribution in [-0.4, -0.2) is 142 Å². The number of likely N-dealkylation sites (tertiary alicyclic amines) is 1. The van der Waals surface area contributed by atoms with Gasteiger partial charge in [-0.1, -0.05) is 183 Å². The Kier molecular flexibility index (Phi) is 85.6. The molecule has 1 rings (SSSR count). The molecule has 0 amide bonds. The summed E-state index contributed by atoms with van der Waals surface area (Å²) >= 11 is 0. The van der Waals surface area contributed by atoms with E-state index in [4.69, 9.17) is 33.2 Å². The minimum Gasteiger partial charge on any atom is -0.466 e. The van der Waals surface area contributed by atoms with Crippen molar-refractivity contribution in [1.29, 1.82) is 0 Å². The van der Waals surface area contributed by atoms with E-state index in [1.54, 1.807) is 21.3 Å². The van der Waals surface area contributed by atoms with Gasteiger partial charge in [0.2, 0.25) is 0 Å². The van der Waals surface area contributed by atoms with E-state index in [1.165, 1.54) is 116 Å². The molecule has 0 spiro atoms. The summed E-state index contributed by atoms with van der Waals surface area (Å²) in [6.45, 7) is 21.0. The first-order valence-corrected chi connectivity index (χ1v) is 30.6. The van der Waals surface area contributed by atoms with Gasteiger partial charge in [0.05, 0.1) is 39.1 Å². The highest BCUT2D eigenvalue weighted by Crippen LogP contribution is 2.16. The van der Waals surface area contributed by atoms with Crippen LogP contribution in [0.1, 0.15) is 248 Å². The van der Waals surface area contributed by atoms with Crippen LogP contribution in [0.25, 0.3) is 0 Å². The quantitative estimate of drug-likeness (QED) is 0.0200. The Morgan fingerprint density at radius 1 is 0.526 bits per heavy atom. The van der Waals surface area contributed by atoms with Crippen molar-refractivity contribution in [2.24, 2.45) is 11.8 Å². The smallest absolute Gasteiger partial charge is 0.306 e. The van der Waals surface area contributed by atoms with Crippen LogP contribution in [-0.2, 0) is 61.9 Å². The minimum atomic E-state index is -0.330. The van der Waals surface area contributed by atoms with Crippen molar-refractivity contribution in [2.75, 3.05) is 88.2 Å². The zero-order valence-electron chi connectivity index (χ0n) is 52.5. The first-order chi connectivity index (χ1) is 38.0. The van der Waals surface area contributed by atoms with Crippen LogP contribution in [0.3, 0.4) is 0 Å². The molecule has 0 aromatic rings. The van der Waals surface area contributed by atoms with E-state index >= 15 is 0 Å².